The molecule has 0 spiro atoms. The summed E-state index contributed by atoms with van der Waals surface area (Å²) in [7, 11) is 0. The zero-order valence-electron chi connectivity index (χ0n) is 9.39. The van der Waals surface area contributed by atoms with Crippen molar-refractivity contribution < 1.29 is 28.2 Å². The fourth-order valence-electron chi connectivity index (χ4n) is 1.42. The minimum Gasteiger partial charge on any atom is -0.478 e. The van der Waals surface area contributed by atoms with E-state index in [9.17, 15) is 18.4 Å². The molecule has 0 aliphatic heterocycles. The number of aliphatic carboxylic acids is 1. The summed E-state index contributed by atoms with van der Waals surface area (Å²) < 4.78 is 28.7. The van der Waals surface area contributed by atoms with Crippen molar-refractivity contribution in [1.82, 2.24) is 0 Å². The van der Waals surface area contributed by atoms with Crippen LogP contribution in [0.4, 0.5) is 8.78 Å². The number of benzene rings is 1. The van der Waals surface area contributed by atoms with Gasteiger partial charge in [-0.25, -0.2) is 4.79 Å². The molecule has 0 atom stereocenters. The topological polar surface area (TPSA) is 63.6 Å². The summed E-state index contributed by atoms with van der Waals surface area (Å²) in [5, 5.41) is 8.50. The SMILES string of the molecule is Cc1cc(C=O)c(/C=C/C(=O)O)c(OC(F)F)c1. The maximum atomic E-state index is 12.2. The van der Waals surface area contributed by atoms with Gasteiger partial charge in [-0.2, -0.15) is 8.78 Å². The second-order valence-corrected chi connectivity index (χ2v) is 3.43. The minimum atomic E-state index is -3.05. The number of ether oxygens (including phenoxy) is 1. The van der Waals surface area contributed by atoms with Crippen molar-refractivity contribution in [3.05, 3.63) is 34.9 Å². The predicted octanol–water partition coefficient (Wildman–Crippen LogP) is 2.51. The molecule has 0 aromatic heterocycles. The van der Waals surface area contributed by atoms with Gasteiger partial charge in [0.05, 0.1) is 0 Å². The number of carboxylic acids is 1. The molecular formula is C12H10F2O4. The molecular weight excluding hydrogens is 246 g/mol. The molecule has 1 aromatic rings. The van der Waals surface area contributed by atoms with E-state index in [0.29, 0.717) is 11.8 Å². The number of aryl methyl sites for hydroxylation is 1. The second-order valence-electron chi connectivity index (χ2n) is 3.43. The van der Waals surface area contributed by atoms with Gasteiger partial charge >= 0.3 is 12.6 Å². The van der Waals surface area contributed by atoms with E-state index in [4.69, 9.17) is 5.11 Å². The fraction of sp³-hybridized carbons (Fsp3) is 0.167. The summed E-state index contributed by atoms with van der Waals surface area (Å²) >= 11 is 0. The zero-order chi connectivity index (χ0) is 13.7. The van der Waals surface area contributed by atoms with Crippen LogP contribution in [0.15, 0.2) is 18.2 Å². The molecule has 0 unspecified atom stereocenters. The maximum Gasteiger partial charge on any atom is 0.387 e. The molecule has 0 aliphatic rings. The van der Waals surface area contributed by atoms with Crippen molar-refractivity contribution in [2.24, 2.45) is 0 Å². The third kappa shape index (κ3) is 3.65. The van der Waals surface area contributed by atoms with E-state index < -0.39 is 12.6 Å². The van der Waals surface area contributed by atoms with Crippen molar-refractivity contribution in [3.63, 3.8) is 0 Å². The summed E-state index contributed by atoms with van der Waals surface area (Å²) in [5.74, 6) is -1.49. The highest BCUT2D eigenvalue weighted by molar-refractivity contribution is 5.90. The van der Waals surface area contributed by atoms with Crippen LogP contribution in [0.5, 0.6) is 5.75 Å². The zero-order valence-corrected chi connectivity index (χ0v) is 9.39. The Hall–Kier alpha value is -2.24. The molecule has 96 valence electrons. The normalized spacial score (nSPS) is 10.9. The fourth-order valence-corrected chi connectivity index (χ4v) is 1.42. The minimum absolute atomic E-state index is 0.0123. The number of hydrogen-bond acceptors (Lipinski definition) is 3. The Balaban J connectivity index is 3.32. The van der Waals surface area contributed by atoms with Crippen LogP contribution in [0.3, 0.4) is 0 Å². The van der Waals surface area contributed by atoms with Crippen LogP contribution in [0.1, 0.15) is 21.5 Å². The smallest absolute Gasteiger partial charge is 0.387 e. The van der Waals surface area contributed by atoms with E-state index in [1.165, 1.54) is 12.1 Å². The molecule has 6 heteroatoms. The van der Waals surface area contributed by atoms with Crippen molar-refractivity contribution >= 4 is 18.3 Å². The van der Waals surface area contributed by atoms with E-state index in [2.05, 4.69) is 4.74 Å². The molecule has 0 bridgehead atoms. The molecule has 0 heterocycles. The lowest BCUT2D eigenvalue weighted by Gasteiger charge is -2.11. The summed E-state index contributed by atoms with van der Waals surface area (Å²) in [6, 6.07) is 2.76. The molecule has 0 saturated carbocycles. The van der Waals surface area contributed by atoms with Gasteiger partial charge in [-0.15, -0.1) is 0 Å². The number of carbonyl (C=O) groups excluding carboxylic acids is 1. The van der Waals surface area contributed by atoms with Crippen LogP contribution < -0.4 is 4.74 Å². The molecule has 1 N–H and O–H groups in total. The van der Waals surface area contributed by atoms with Gasteiger partial charge in [0.1, 0.15) is 5.75 Å². The Morgan fingerprint density at radius 1 is 1.44 bits per heavy atom. The Morgan fingerprint density at radius 2 is 2.11 bits per heavy atom. The molecule has 1 aromatic carbocycles. The van der Waals surface area contributed by atoms with Gasteiger partial charge in [-0.3, -0.25) is 4.79 Å². The van der Waals surface area contributed by atoms with Crippen LogP contribution in [-0.2, 0) is 4.79 Å². The van der Waals surface area contributed by atoms with Gasteiger partial charge in [0.25, 0.3) is 0 Å². The first-order valence-electron chi connectivity index (χ1n) is 4.89. The van der Waals surface area contributed by atoms with Crippen molar-refractivity contribution in [1.29, 1.82) is 0 Å². The largest absolute Gasteiger partial charge is 0.478 e. The number of alkyl halides is 2. The number of carboxylic acid groups (broad SMARTS) is 1. The Labute approximate surface area is 101 Å². The van der Waals surface area contributed by atoms with E-state index >= 15 is 0 Å². The van der Waals surface area contributed by atoms with Crippen LogP contribution in [0, 0.1) is 6.92 Å². The number of hydrogen-bond donors (Lipinski definition) is 1. The first kappa shape index (κ1) is 13.8. The van der Waals surface area contributed by atoms with E-state index in [0.717, 1.165) is 12.2 Å². The third-order valence-corrected chi connectivity index (χ3v) is 2.05. The monoisotopic (exact) mass is 256 g/mol. The van der Waals surface area contributed by atoms with Gasteiger partial charge in [0.2, 0.25) is 0 Å². The summed E-state index contributed by atoms with van der Waals surface area (Å²) in [6.07, 6.45) is 2.24. The number of carbonyl (C=O) groups is 2. The van der Waals surface area contributed by atoms with E-state index in [1.807, 2.05) is 0 Å². The van der Waals surface area contributed by atoms with Crippen LogP contribution in [0.25, 0.3) is 6.08 Å². The number of halogens is 2. The van der Waals surface area contributed by atoms with Crippen LogP contribution >= 0.6 is 0 Å². The molecule has 0 saturated heterocycles. The number of aldehydes is 1. The Kier molecular flexibility index (Phi) is 4.53. The first-order valence-corrected chi connectivity index (χ1v) is 4.89. The van der Waals surface area contributed by atoms with Gasteiger partial charge in [-0.05, 0) is 30.7 Å². The molecule has 0 fully saturated rings. The highest BCUT2D eigenvalue weighted by Crippen LogP contribution is 2.27. The predicted molar refractivity (Wildman–Crippen MR) is 59.9 cm³/mol. The molecule has 0 radical (unpaired) electrons. The lowest BCUT2D eigenvalue weighted by molar-refractivity contribution is -0.131. The molecule has 4 nitrogen and oxygen atoms in total. The summed E-state index contributed by atoms with van der Waals surface area (Å²) in [5.41, 5.74) is 0.654. The quantitative estimate of drug-likeness (QED) is 0.649. The highest BCUT2D eigenvalue weighted by atomic mass is 19.3. The van der Waals surface area contributed by atoms with Gasteiger partial charge < -0.3 is 9.84 Å². The molecule has 0 aliphatic carbocycles. The van der Waals surface area contributed by atoms with Gasteiger partial charge in [0, 0.05) is 17.2 Å². The van der Waals surface area contributed by atoms with Gasteiger partial charge in [0.15, 0.2) is 6.29 Å². The van der Waals surface area contributed by atoms with E-state index in [1.54, 1.807) is 6.92 Å². The molecule has 0 amide bonds. The van der Waals surface area contributed by atoms with Crippen LogP contribution in [0.2, 0.25) is 0 Å². The van der Waals surface area contributed by atoms with Gasteiger partial charge in [-0.1, -0.05) is 0 Å². The summed E-state index contributed by atoms with van der Waals surface area (Å²) in [4.78, 5) is 21.2. The second kappa shape index (κ2) is 5.90. The molecule has 18 heavy (non-hydrogen) atoms. The lowest BCUT2D eigenvalue weighted by atomic mass is 10.0. The third-order valence-electron chi connectivity index (χ3n) is 2.05. The maximum absolute atomic E-state index is 12.2. The molecule has 1 rings (SSSR count). The first-order chi connectivity index (χ1) is 8.43. The standard InChI is InChI=1S/C12H10F2O4/c1-7-4-8(6-15)9(2-3-11(16)17)10(5-7)18-12(13)14/h2-6,12H,1H3,(H,16,17)/b3-2+. The van der Waals surface area contributed by atoms with Crippen molar-refractivity contribution in [2.75, 3.05) is 0 Å². The Morgan fingerprint density at radius 3 is 2.61 bits per heavy atom. The number of rotatable bonds is 5. The van der Waals surface area contributed by atoms with Crippen molar-refractivity contribution in [3.8, 4) is 5.75 Å². The van der Waals surface area contributed by atoms with E-state index in [-0.39, 0.29) is 16.9 Å². The lowest BCUT2D eigenvalue weighted by Crippen LogP contribution is -2.05. The Bertz CT molecular complexity index is 495. The van der Waals surface area contributed by atoms with Crippen LogP contribution in [-0.4, -0.2) is 24.0 Å². The van der Waals surface area contributed by atoms with Crippen molar-refractivity contribution in [2.45, 2.75) is 13.5 Å². The average Bonchev–Trinajstić information content (AvgIpc) is 2.25. The highest BCUT2D eigenvalue weighted by Gasteiger charge is 2.12. The average molecular weight is 256 g/mol. The summed E-state index contributed by atoms with van der Waals surface area (Å²) in [6.45, 7) is -1.45.